The fraction of sp³-hybridized carbons (Fsp3) is 0.375. The number of carbonyl (C=O) groups excluding carboxylic acids is 1. The lowest BCUT2D eigenvalue weighted by molar-refractivity contribution is -0.384. The zero-order valence-corrected chi connectivity index (χ0v) is 12.8. The Balaban J connectivity index is 1.94. The number of non-ortho nitro benzene ring substituents is 1. The number of rotatable bonds is 5. The van der Waals surface area contributed by atoms with Crippen LogP contribution in [0.2, 0.25) is 0 Å². The molecule has 0 amide bonds. The minimum atomic E-state index is -0.601. The topological polar surface area (TPSA) is 87.3 Å². The van der Waals surface area contributed by atoms with Gasteiger partial charge in [0, 0.05) is 30.4 Å². The third kappa shape index (κ3) is 3.08. The summed E-state index contributed by atoms with van der Waals surface area (Å²) in [7, 11) is 1.25. The van der Waals surface area contributed by atoms with Crippen LogP contribution in [0.25, 0.3) is 11.1 Å². The van der Waals surface area contributed by atoms with Gasteiger partial charge in [-0.2, -0.15) is 5.10 Å². The molecule has 1 aromatic carbocycles. The number of nitrogens with zero attached hydrogens (tertiary/aromatic N) is 3. The van der Waals surface area contributed by atoms with Gasteiger partial charge in [0.1, 0.15) is 0 Å². The van der Waals surface area contributed by atoms with Gasteiger partial charge in [0.15, 0.2) is 0 Å². The minimum Gasteiger partial charge on any atom is -0.465 e. The van der Waals surface area contributed by atoms with Crippen molar-refractivity contribution < 1.29 is 14.5 Å². The zero-order chi connectivity index (χ0) is 16.4. The molecule has 1 aliphatic rings. The lowest BCUT2D eigenvalue weighted by atomic mass is 9.85. The molecule has 120 valence electrons. The van der Waals surface area contributed by atoms with Gasteiger partial charge in [-0.3, -0.25) is 14.8 Å². The van der Waals surface area contributed by atoms with Crippen molar-refractivity contribution in [2.24, 2.45) is 5.92 Å². The lowest BCUT2D eigenvalue weighted by Gasteiger charge is -2.24. The van der Waals surface area contributed by atoms with Gasteiger partial charge in [0.05, 0.1) is 23.8 Å². The summed E-state index contributed by atoms with van der Waals surface area (Å²) in [5, 5.41) is 15.2. The Hall–Kier alpha value is -2.70. The molecule has 1 saturated carbocycles. The van der Waals surface area contributed by atoms with E-state index < -0.39 is 10.9 Å². The fourth-order valence-electron chi connectivity index (χ4n) is 2.72. The molecule has 0 unspecified atom stereocenters. The van der Waals surface area contributed by atoms with E-state index in [1.54, 1.807) is 12.3 Å². The minimum absolute atomic E-state index is 0.143. The Bertz CT molecular complexity index is 750. The monoisotopic (exact) mass is 315 g/mol. The standard InChI is InChI=1S/C16H17N3O4/c1-23-16(20)15-7-13(19(21)22)5-6-14(15)12-8-17-18(10-12)9-11-3-2-4-11/h5-8,10-11H,2-4,9H2,1H3. The van der Waals surface area contributed by atoms with Crippen LogP contribution in [0, 0.1) is 16.0 Å². The van der Waals surface area contributed by atoms with Crippen LogP contribution in [0.4, 0.5) is 5.69 Å². The SMILES string of the molecule is COC(=O)c1cc([N+](=O)[O-])ccc1-c1cnn(CC2CCC2)c1. The van der Waals surface area contributed by atoms with E-state index in [2.05, 4.69) is 5.10 Å². The molecule has 0 saturated heterocycles. The molecule has 7 nitrogen and oxygen atoms in total. The molecule has 1 fully saturated rings. The first-order chi connectivity index (χ1) is 11.1. The predicted molar refractivity (Wildman–Crippen MR) is 83.0 cm³/mol. The van der Waals surface area contributed by atoms with Crippen LogP contribution in [0.5, 0.6) is 0 Å². The average molecular weight is 315 g/mol. The summed E-state index contributed by atoms with van der Waals surface area (Å²) in [6, 6.07) is 4.19. The van der Waals surface area contributed by atoms with Crippen LogP contribution in [-0.2, 0) is 11.3 Å². The van der Waals surface area contributed by atoms with Crippen molar-refractivity contribution in [2.45, 2.75) is 25.8 Å². The van der Waals surface area contributed by atoms with Gasteiger partial charge in [-0.25, -0.2) is 4.79 Å². The third-order valence-corrected chi connectivity index (χ3v) is 4.23. The maximum absolute atomic E-state index is 12.0. The van der Waals surface area contributed by atoms with Gasteiger partial charge >= 0.3 is 5.97 Å². The molecule has 0 spiro atoms. The summed E-state index contributed by atoms with van der Waals surface area (Å²) in [6.07, 6.45) is 7.26. The van der Waals surface area contributed by atoms with Gasteiger partial charge in [0.25, 0.3) is 5.69 Å². The molecule has 23 heavy (non-hydrogen) atoms. The number of carbonyl (C=O) groups is 1. The van der Waals surface area contributed by atoms with Crippen LogP contribution in [0.15, 0.2) is 30.6 Å². The van der Waals surface area contributed by atoms with E-state index in [0.29, 0.717) is 11.5 Å². The molecular weight excluding hydrogens is 298 g/mol. The largest absolute Gasteiger partial charge is 0.465 e. The highest BCUT2D eigenvalue weighted by molar-refractivity contribution is 5.97. The molecule has 0 N–H and O–H groups in total. The number of ether oxygens (including phenoxy) is 1. The predicted octanol–water partition coefficient (Wildman–Crippen LogP) is 3.05. The van der Waals surface area contributed by atoms with E-state index in [1.807, 2.05) is 10.9 Å². The van der Waals surface area contributed by atoms with E-state index >= 15 is 0 Å². The van der Waals surface area contributed by atoms with Crippen LogP contribution in [0.1, 0.15) is 29.6 Å². The number of benzene rings is 1. The van der Waals surface area contributed by atoms with Crippen molar-refractivity contribution in [1.29, 1.82) is 0 Å². The number of esters is 1. The normalized spacial score (nSPS) is 14.3. The second-order valence-electron chi connectivity index (χ2n) is 5.73. The first-order valence-corrected chi connectivity index (χ1v) is 7.48. The number of hydrogen-bond acceptors (Lipinski definition) is 5. The average Bonchev–Trinajstić information content (AvgIpc) is 2.98. The van der Waals surface area contributed by atoms with Crippen LogP contribution < -0.4 is 0 Å². The molecule has 0 aliphatic heterocycles. The summed E-state index contributed by atoms with van der Waals surface area (Å²) >= 11 is 0. The molecule has 0 atom stereocenters. The molecule has 1 aliphatic carbocycles. The Labute approximate surface area is 133 Å². The quantitative estimate of drug-likeness (QED) is 0.481. The highest BCUT2D eigenvalue weighted by Crippen LogP contribution is 2.30. The smallest absolute Gasteiger partial charge is 0.338 e. The van der Waals surface area contributed by atoms with Crippen molar-refractivity contribution >= 4 is 11.7 Å². The lowest BCUT2D eigenvalue weighted by Crippen LogP contribution is -2.18. The van der Waals surface area contributed by atoms with E-state index in [-0.39, 0.29) is 11.3 Å². The second kappa shape index (κ2) is 6.20. The van der Waals surface area contributed by atoms with E-state index in [4.69, 9.17) is 4.74 Å². The second-order valence-corrected chi connectivity index (χ2v) is 5.73. The Kier molecular flexibility index (Phi) is 4.10. The van der Waals surface area contributed by atoms with Gasteiger partial charge in [-0.15, -0.1) is 0 Å². The first kappa shape index (κ1) is 15.2. The maximum Gasteiger partial charge on any atom is 0.338 e. The summed E-state index contributed by atoms with van der Waals surface area (Å²) < 4.78 is 6.61. The van der Waals surface area contributed by atoms with Crippen LogP contribution in [-0.4, -0.2) is 27.8 Å². The van der Waals surface area contributed by atoms with Crippen molar-refractivity contribution in [2.75, 3.05) is 7.11 Å². The highest BCUT2D eigenvalue weighted by Gasteiger charge is 2.21. The fourth-order valence-corrected chi connectivity index (χ4v) is 2.72. The van der Waals surface area contributed by atoms with Crippen LogP contribution in [0.3, 0.4) is 0 Å². The van der Waals surface area contributed by atoms with Crippen molar-refractivity contribution in [3.8, 4) is 11.1 Å². The number of hydrogen-bond donors (Lipinski definition) is 0. The molecule has 0 radical (unpaired) electrons. The third-order valence-electron chi connectivity index (χ3n) is 4.23. The first-order valence-electron chi connectivity index (χ1n) is 7.48. The molecule has 1 aromatic heterocycles. The number of nitro groups is 1. The summed E-state index contributed by atoms with van der Waals surface area (Å²) in [5.74, 6) is 0.0649. The van der Waals surface area contributed by atoms with Crippen molar-refractivity contribution in [1.82, 2.24) is 9.78 Å². The Morgan fingerprint density at radius 2 is 2.26 bits per heavy atom. The van der Waals surface area contributed by atoms with E-state index in [1.165, 1.54) is 38.5 Å². The highest BCUT2D eigenvalue weighted by atomic mass is 16.6. The number of aromatic nitrogens is 2. The van der Waals surface area contributed by atoms with Gasteiger partial charge in [-0.05, 0) is 30.4 Å². The molecular formula is C16H17N3O4. The summed E-state index contributed by atoms with van der Waals surface area (Å²) in [5.41, 5.74) is 1.36. The molecule has 0 bridgehead atoms. The van der Waals surface area contributed by atoms with Gasteiger partial charge in [-0.1, -0.05) is 6.42 Å². The molecule has 3 rings (SSSR count). The maximum atomic E-state index is 12.0. The zero-order valence-electron chi connectivity index (χ0n) is 12.8. The molecule has 2 aromatic rings. The van der Waals surface area contributed by atoms with Crippen LogP contribution >= 0.6 is 0 Å². The van der Waals surface area contributed by atoms with Gasteiger partial charge in [0.2, 0.25) is 0 Å². The Morgan fingerprint density at radius 3 is 2.87 bits per heavy atom. The summed E-state index contributed by atoms with van der Waals surface area (Å²) in [4.78, 5) is 22.3. The van der Waals surface area contributed by atoms with Gasteiger partial charge < -0.3 is 4.74 Å². The van der Waals surface area contributed by atoms with Crippen molar-refractivity contribution in [3.05, 3.63) is 46.3 Å². The van der Waals surface area contributed by atoms with E-state index in [9.17, 15) is 14.9 Å². The molecule has 7 heteroatoms. The Morgan fingerprint density at radius 1 is 1.48 bits per heavy atom. The number of nitro benzene ring substituents is 1. The molecule has 1 heterocycles. The number of methoxy groups -OCH3 is 1. The van der Waals surface area contributed by atoms with E-state index in [0.717, 1.165) is 12.1 Å². The summed E-state index contributed by atoms with van der Waals surface area (Å²) in [6.45, 7) is 0.862. The van der Waals surface area contributed by atoms with Crippen molar-refractivity contribution in [3.63, 3.8) is 0 Å².